The monoisotopic (exact) mass is 408 g/mol. The van der Waals surface area contributed by atoms with Crippen molar-refractivity contribution in [2.24, 2.45) is 0 Å². The van der Waals surface area contributed by atoms with Crippen LogP contribution in [0.1, 0.15) is 22.0 Å². The van der Waals surface area contributed by atoms with E-state index < -0.39 is 0 Å². The van der Waals surface area contributed by atoms with Gasteiger partial charge in [0.05, 0.1) is 24.0 Å². The minimum absolute atomic E-state index is 0.0270. The van der Waals surface area contributed by atoms with Gasteiger partial charge in [0.15, 0.2) is 5.82 Å². The lowest BCUT2D eigenvalue weighted by molar-refractivity contribution is 0.0707. The van der Waals surface area contributed by atoms with Crippen LogP contribution in [0.4, 0.5) is 0 Å². The highest BCUT2D eigenvalue weighted by Crippen LogP contribution is 2.26. The fourth-order valence-corrected chi connectivity index (χ4v) is 4.37. The Kier molecular flexibility index (Phi) is 3.89. The number of pyridine rings is 1. The van der Waals surface area contributed by atoms with Crippen molar-refractivity contribution in [3.63, 3.8) is 0 Å². The molecule has 31 heavy (non-hydrogen) atoms. The molecule has 1 aliphatic heterocycles. The van der Waals surface area contributed by atoms with E-state index in [-0.39, 0.29) is 5.91 Å². The van der Waals surface area contributed by atoms with Crippen LogP contribution in [0.5, 0.6) is 0 Å². The van der Waals surface area contributed by atoms with E-state index in [1.165, 1.54) is 0 Å². The van der Waals surface area contributed by atoms with E-state index in [1.54, 1.807) is 0 Å². The summed E-state index contributed by atoms with van der Waals surface area (Å²) in [6.07, 6.45) is 1.81. The lowest BCUT2D eigenvalue weighted by atomic mass is 10.0. The Morgan fingerprint density at radius 2 is 1.81 bits per heavy atom. The quantitative estimate of drug-likeness (QED) is 0.447. The molecule has 0 unspecified atom stereocenters. The van der Waals surface area contributed by atoms with Gasteiger partial charge in [0.25, 0.3) is 5.91 Å². The summed E-state index contributed by atoms with van der Waals surface area (Å²) in [5.74, 6) is 1.77. The van der Waals surface area contributed by atoms with E-state index in [2.05, 4.69) is 44.1 Å². The Bertz CT molecular complexity index is 1460. The molecule has 0 aliphatic carbocycles. The molecule has 4 heterocycles. The Balaban J connectivity index is 1.32. The zero-order valence-electron chi connectivity index (χ0n) is 17.1. The Morgan fingerprint density at radius 1 is 0.935 bits per heavy atom. The number of hydrogen-bond donors (Lipinski definition) is 0. The van der Waals surface area contributed by atoms with Crippen LogP contribution in [0.15, 0.2) is 66.9 Å². The lowest BCUT2D eigenvalue weighted by Crippen LogP contribution is -2.38. The summed E-state index contributed by atoms with van der Waals surface area (Å²) in [4.78, 5) is 15.0. The van der Waals surface area contributed by atoms with Crippen molar-refractivity contribution in [1.29, 1.82) is 0 Å². The van der Waals surface area contributed by atoms with Crippen molar-refractivity contribution < 1.29 is 4.79 Å². The molecule has 7 heteroatoms. The number of carbonyl (C=O) groups excluding carboxylic acids is 1. The van der Waals surface area contributed by atoms with Gasteiger partial charge >= 0.3 is 0 Å². The van der Waals surface area contributed by atoms with E-state index in [0.717, 1.165) is 45.7 Å². The topological polar surface area (TPSA) is 68.3 Å². The SMILES string of the molecule is Cc1nnc2n1CCN(C(=O)c1ccc3cc(-c4cccc5ccnn45)ccc3c1)C2. The highest BCUT2D eigenvalue weighted by Gasteiger charge is 2.24. The summed E-state index contributed by atoms with van der Waals surface area (Å²) in [7, 11) is 0. The lowest BCUT2D eigenvalue weighted by Gasteiger charge is -2.27. The predicted molar refractivity (Wildman–Crippen MR) is 118 cm³/mol. The maximum absolute atomic E-state index is 13.1. The second kappa shape index (κ2) is 6.77. The van der Waals surface area contributed by atoms with Crippen molar-refractivity contribution >= 4 is 22.2 Å². The third kappa shape index (κ3) is 2.89. The van der Waals surface area contributed by atoms with E-state index in [9.17, 15) is 4.79 Å². The Labute approximate surface area is 178 Å². The summed E-state index contributed by atoms with van der Waals surface area (Å²) >= 11 is 0. The standard InChI is InChI=1S/C24H20N6O/c1-16-26-27-23-15-28(11-12-29(16)23)24(31)20-8-6-17-13-19(7-5-18(17)14-20)22-4-2-3-21-9-10-25-30(21)22/h2-10,13-14H,11-12,15H2,1H3. The van der Waals surface area contributed by atoms with Crippen LogP contribution < -0.4 is 0 Å². The van der Waals surface area contributed by atoms with E-state index in [4.69, 9.17) is 0 Å². The largest absolute Gasteiger partial charge is 0.329 e. The van der Waals surface area contributed by atoms with Gasteiger partial charge in [-0.3, -0.25) is 4.79 Å². The molecule has 0 spiro atoms. The average Bonchev–Trinajstić information content (AvgIpc) is 3.44. The number of carbonyl (C=O) groups is 1. The van der Waals surface area contributed by atoms with Gasteiger partial charge in [0.1, 0.15) is 5.82 Å². The molecule has 0 saturated carbocycles. The third-order valence-corrected chi connectivity index (χ3v) is 6.03. The van der Waals surface area contributed by atoms with Crippen LogP contribution in [0.2, 0.25) is 0 Å². The van der Waals surface area contributed by atoms with E-state index >= 15 is 0 Å². The maximum atomic E-state index is 13.1. The molecule has 3 aromatic heterocycles. The summed E-state index contributed by atoms with van der Waals surface area (Å²) < 4.78 is 4.02. The van der Waals surface area contributed by atoms with Gasteiger partial charge in [0.2, 0.25) is 0 Å². The summed E-state index contributed by atoms with van der Waals surface area (Å²) in [5.41, 5.74) is 3.88. The van der Waals surface area contributed by atoms with Gasteiger partial charge in [-0.25, -0.2) is 4.52 Å². The minimum Gasteiger partial charge on any atom is -0.329 e. The summed E-state index contributed by atoms with van der Waals surface area (Å²) in [6.45, 7) is 3.83. The fourth-order valence-electron chi connectivity index (χ4n) is 4.37. The van der Waals surface area contributed by atoms with Crippen LogP contribution in [-0.4, -0.2) is 41.7 Å². The second-order valence-corrected chi connectivity index (χ2v) is 7.90. The van der Waals surface area contributed by atoms with E-state index in [1.807, 2.05) is 58.9 Å². The van der Waals surface area contributed by atoms with Gasteiger partial charge in [-0.05, 0) is 54.1 Å². The first kappa shape index (κ1) is 17.8. The van der Waals surface area contributed by atoms with Crippen molar-refractivity contribution in [2.75, 3.05) is 6.54 Å². The van der Waals surface area contributed by atoms with Crippen LogP contribution in [-0.2, 0) is 13.1 Å². The Morgan fingerprint density at radius 3 is 2.74 bits per heavy atom. The van der Waals surface area contributed by atoms with Crippen LogP contribution in [0.3, 0.4) is 0 Å². The molecular weight excluding hydrogens is 388 g/mol. The zero-order chi connectivity index (χ0) is 20.9. The summed E-state index contributed by atoms with van der Waals surface area (Å²) in [5, 5.41) is 14.9. The summed E-state index contributed by atoms with van der Waals surface area (Å²) in [6, 6.07) is 20.3. The molecule has 0 fully saturated rings. The number of amides is 1. The number of nitrogens with zero attached hydrogens (tertiary/aromatic N) is 6. The van der Waals surface area contributed by atoms with Crippen LogP contribution in [0.25, 0.3) is 27.5 Å². The maximum Gasteiger partial charge on any atom is 0.254 e. The first-order valence-corrected chi connectivity index (χ1v) is 10.3. The number of aromatic nitrogens is 5. The van der Waals surface area contributed by atoms with E-state index in [0.29, 0.717) is 18.7 Å². The highest BCUT2D eigenvalue weighted by atomic mass is 16.2. The molecular formula is C24H20N6O. The predicted octanol–water partition coefficient (Wildman–Crippen LogP) is 3.71. The molecule has 1 amide bonds. The van der Waals surface area contributed by atoms with Crippen molar-refractivity contribution in [3.05, 3.63) is 84.1 Å². The number of benzene rings is 2. The molecule has 6 rings (SSSR count). The van der Waals surface area contributed by atoms with Crippen molar-refractivity contribution in [2.45, 2.75) is 20.0 Å². The molecule has 5 aromatic rings. The molecule has 0 bridgehead atoms. The smallest absolute Gasteiger partial charge is 0.254 e. The van der Waals surface area contributed by atoms with Gasteiger partial charge < -0.3 is 9.47 Å². The molecule has 152 valence electrons. The van der Waals surface area contributed by atoms with Gasteiger partial charge in [-0.1, -0.05) is 24.3 Å². The molecule has 2 aromatic carbocycles. The molecule has 0 N–H and O–H groups in total. The molecule has 0 radical (unpaired) electrons. The zero-order valence-corrected chi connectivity index (χ0v) is 17.1. The van der Waals surface area contributed by atoms with Crippen molar-refractivity contribution in [1.82, 2.24) is 29.3 Å². The van der Waals surface area contributed by atoms with Gasteiger partial charge in [-0.2, -0.15) is 5.10 Å². The molecule has 7 nitrogen and oxygen atoms in total. The van der Waals surface area contributed by atoms with Gasteiger partial charge in [0, 0.05) is 24.2 Å². The van der Waals surface area contributed by atoms with Crippen LogP contribution >= 0.6 is 0 Å². The number of aryl methyl sites for hydroxylation is 1. The first-order valence-electron chi connectivity index (χ1n) is 10.3. The Hall–Kier alpha value is -4.00. The van der Waals surface area contributed by atoms with Crippen molar-refractivity contribution in [3.8, 4) is 11.3 Å². The highest BCUT2D eigenvalue weighted by molar-refractivity contribution is 5.99. The second-order valence-electron chi connectivity index (χ2n) is 7.90. The average molecular weight is 408 g/mol. The third-order valence-electron chi connectivity index (χ3n) is 6.03. The normalized spacial score (nSPS) is 13.6. The molecule has 0 atom stereocenters. The minimum atomic E-state index is 0.0270. The number of rotatable bonds is 2. The fraction of sp³-hybridized carbons (Fsp3) is 0.167. The first-order chi connectivity index (χ1) is 15.2. The van der Waals surface area contributed by atoms with Gasteiger partial charge in [-0.15, -0.1) is 10.2 Å². The number of fused-ring (bicyclic) bond motifs is 3. The van der Waals surface area contributed by atoms with Crippen LogP contribution in [0, 0.1) is 6.92 Å². The number of hydrogen-bond acceptors (Lipinski definition) is 4. The molecule has 0 saturated heterocycles. The molecule has 1 aliphatic rings.